The third-order valence-corrected chi connectivity index (χ3v) is 3.84. The summed E-state index contributed by atoms with van der Waals surface area (Å²) >= 11 is 0. The molecule has 13 heavy (non-hydrogen) atoms. The molecule has 1 spiro atoms. The number of rotatable bonds is 3. The maximum atomic E-state index is 10.3. The van der Waals surface area contributed by atoms with E-state index < -0.39 is 5.97 Å². The van der Waals surface area contributed by atoms with Crippen LogP contribution in [0.4, 0.5) is 0 Å². The van der Waals surface area contributed by atoms with Gasteiger partial charge in [-0.3, -0.25) is 4.79 Å². The van der Waals surface area contributed by atoms with E-state index in [-0.39, 0.29) is 0 Å². The number of hydrogen-bond donors (Lipinski definition) is 1. The number of nitrogens with zero attached hydrogens (tertiary/aromatic N) is 1. The molecule has 0 amide bonds. The third kappa shape index (κ3) is 1.46. The molecule has 1 heterocycles. The van der Waals surface area contributed by atoms with Crippen molar-refractivity contribution in [1.82, 2.24) is 4.90 Å². The van der Waals surface area contributed by atoms with Gasteiger partial charge in [-0.15, -0.1) is 0 Å². The molecule has 1 saturated heterocycles. The Morgan fingerprint density at radius 1 is 1.62 bits per heavy atom. The molecule has 3 heteroatoms. The van der Waals surface area contributed by atoms with Gasteiger partial charge in [0.05, 0.1) is 6.42 Å². The lowest BCUT2D eigenvalue weighted by Gasteiger charge is -2.60. The summed E-state index contributed by atoms with van der Waals surface area (Å²) in [6, 6.07) is 0. The van der Waals surface area contributed by atoms with Gasteiger partial charge in [0, 0.05) is 19.6 Å². The minimum Gasteiger partial charge on any atom is -0.481 e. The Morgan fingerprint density at radius 3 is 2.69 bits per heavy atom. The molecule has 74 valence electrons. The summed E-state index contributed by atoms with van der Waals surface area (Å²) in [5.74, 6) is 0.191. The second-order valence-electron chi connectivity index (χ2n) is 4.66. The Bertz CT molecular complexity index is 221. The van der Waals surface area contributed by atoms with Gasteiger partial charge in [-0.1, -0.05) is 6.92 Å². The Balaban J connectivity index is 1.70. The van der Waals surface area contributed by atoms with Crippen molar-refractivity contribution in [3.63, 3.8) is 0 Å². The Kier molecular flexibility index (Phi) is 2.06. The summed E-state index contributed by atoms with van der Waals surface area (Å²) in [6.07, 6.45) is 3.02. The summed E-state index contributed by atoms with van der Waals surface area (Å²) in [5, 5.41) is 8.51. The zero-order valence-corrected chi connectivity index (χ0v) is 8.12. The molecule has 3 nitrogen and oxygen atoms in total. The van der Waals surface area contributed by atoms with Crippen molar-refractivity contribution in [3.8, 4) is 0 Å². The predicted octanol–water partition coefficient (Wildman–Crippen LogP) is 1.19. The molecule has 0 radical (unpaired) electrons. The number of hydrogen-bond acceptors (Lipinski definition) is 2. The van der Waals surface area contributed by atoms with Gasteiger partial charge < -0.3 is 10.0 Å². The highest BCUT2D eigenvalue weighted by Crippen LogP contribution is 2.52. The van der Waals surface area contributed by atoms with Crippen molar-refractivity contribution in [1.29, 1.82) is 0 Å². The third-order valence-electron chi connectivity index (χ3n) is 3.84. The molecule has 2 fully saturated rings. The molecular weight excluding hydrogens is 166 g/mol. The Hall–Kier alpha value is -0.570. The Labute approximate surface area is 78.7 Å². The van der Waals surface area contributed by atoms with Crippen molar-refractivity contribution >= 4 is 5.97 Å². The topological polar surface area (TPSA) is 40.5 Å². The molecular formula is C10H17NO2. The van der Waals surface area contributed by atoms with E-state index in [1.165, 1.54) is 12.8 Å². The lowest BCUT2D eigenvalue weighted by Crippen LogP contribution is -2.63. The zero-order valence-electron chi connectivity index (χ0n) is 8.12. The molecule has 0 aromatic heterocycles. The van der Waals surface area contributed by atoms with Gasteiger partial charge in [-0.25, -0.2) is 0 Å². The van der Waals surface area contributed by atoms with Crippen LogP contribution in [0.25, 0.3) is 0 Å². The average molecular weight is 183 g/mol. The molecule has 1 atom stereocenters. The van der Waals surface area contributed by atoms with Crippen LogP contribution in [0.15, 0.2) is 0 Å². The predicted molar refractivity (Wildman–Crippen MR) is 49.5 cm³/mol. The first-order chi connectivity index (χ1) is 6.12. The maximum Gasteiger partial charge on any atom is 0.304 e. The van der Waals surface area contributed by atoms with Gasteiger partial charge in [0.15, 0.2) is 0 Å². The van der Waals surface area contributed by atoms with Crippen molar-refractivity contribution in [2.75, 3.05) is 19.6 Å². The van der Waals surface area contributed by atoms with Gasteiger partial charge in [-0.2, -0.15) is 0 Å². The highest BCUT2D eigenvalue weighted by atomic mass is 16.4. The first-order valence-electron chi connectivity index (χ1n) is 5.06. The summed E-state index contributed by atoms with van der Waals surface area (Å²) in [4.78, 5) is 12.6. The van der Waals surface area contributed by atoms with Crippen LogP contribution >= 0.6 is 0 Å². The van der Waals surface area contributed by atoms with E-state index in [0.29, 0.717) is 11.8 Å². The highest BCUT2D eigenvalue weighted by molar-refractivity contribution is 5.66. The fraction of sp³-hybridized carbons (Fsp3) is 0.900. The quantitative estimate of drug-likeness (QED) is 0.714. The number of carboxylic acid groups (broad SMARTS) is 1. The monoisotopic (exact) mass is 183 g/mol. The largest absolute Gasteiger partial charge is 0.481 e. The second kappa shape index (κ2) is 2.98. The first kappa shape index (κ1) is 9.00. The van der Waals surface area contributed by atoms with E-state index in [2.05, 4.69) is 11.8 Å². The van der Waals surface area contributed by atoms with Gasteiger partial charge in [0.2, 0.25) is 0 Å². The van der Waals surface area contributed by atoms with Crippen LogP contribution in [0.5, 0.6) is 0 Å². The number of likely N-dealkylation sites (tertiary alicyclic amines) is 1. The molecule has 1 unspecified atom stereocenters. The molecule has 1 aliphatic carbocycles. The van der Waals surface area contributed by atoms with Crippen LogP contribution < -0.4 is 0 Å². The Morgan fingerprint density at radius 2 is 2.31 bits per heavy atom. The maximum absolute atomic E-state index is 10.3. The molecule has 0 bridgehead atoms. The fourth-order valence-electron chi connectivity index (χ4n) is 2.57. The number of aliphatic carboxylic acids is 1. The molecule has 2 rings (SSSR count). The zero-order chi connectivity index (χ0) is 9.47. The van der Waals surface area contributed by atoms with Gasteiger partial charge in [0.25, 0.3) is 0 Å². The first-order valence-corrected chi connectivity index (χ1v) is 5.06. The van der Waals surface area contributed by atoms with Crippen molar-refractivity contribution in [2.24, 2.45) is 11.3 Å². The van der Waals surface area contributed by atoms with Crippen LogP contribution in [0.1, 0.15) is 26.2 Å². The van der Waals surface area contributed by atoms with Crippen molar-refractivity contribution < 1.29 is 9.90 Å². The minimum atomic E-state index is -0.678. The molecule has 1 saturated carbocycles. The van der Waals surface area contributed by atoms with Crippen molar-refractivity contribution in [3.05, 3.63) is 0 Å². The highest BCUT2D eigenvalue weighted by Gasteiger charge is 2.51. The van der Waals surface area contributed by atoms with E-state index in [9.17, 15) is 4.79 Å². The lowest BCUT2D eigenvalue weighted by molar-refractivity contribution is -0.140. The van der Waals surface area contributed by atoms with E-state index in [1.807, 2.05) is 0 Å². The van der Waals surface area contributed by atoms with E-state index in [1.54, 1.807) is 0 Å². The van der Waals surface area contributed by atoms with Crippen molar-refractivity contribution in [2.45, 2.75) is 26.2 Å². The van der Waals surface area contributed by atoms with Crippen LogP contribution in [-0.2, 0) is 4.79 Å². The summed E-state index contributed by atoms with van der Waals surface area (Å²) in [7, 11) is 0. The normalized spacial score (nSPS) is 31.0. The van der Waals surface area contributed by atoms with E-state index >= 15 is 0 Å². The van der Waals surface area contributed by atoms with Gasteiger partial charge >= 0.3 is 5.97 Å². The van der Waals surface area contributed by atoms with Crippen LogP contribution in [-0.4, -0.2) is 35.6 Å². The molecule has 2 aliphatic rings. The fourth-order valence-corrected chi connectivity index (χ4v) is 2.57. The average Bonchev–Trinajstić information content (AvgIpc) is 1.98. The summed E-state index contributed by atoms with van der Waals surface area (Å²) in [5.41, 5.74) is 0.596. The molecule has 1 aliphatic heterocycles. The van der Waals surface area contributed by atoms with E-state index in [0.717, 1.165) is 25.6 Å². The smallest absolute Gasteiger partial charge is 0.304 e. The van der Waals surface area contributed by atoms with Crippen LogP contribution in [0, 0.1) is 11.3 Å². The summed E-state index contributed by atoms with van der Waals surface area (Å²) in [6.45, 7) is 5.34. The van der Waals surface area contributed by atoms with Crippen LogP contribution in [0.3, 0.4) is 0 Å². The van der Waals surface area contributed by atoms with E-state index in [4.69, 9.17) is 5.11 Å². The lowest BCUT2D eigenvalue weighted by atomic mass is 9.56. The molecule has 1 N–H and O–H groups in total. The number of carboxylic acids is 1. The molecule has 0 aromatic rings. The van der Waals surface area contributed by atoms with Crippen LogP contribution in [0.2, 0.25) is 0 Å². The standard InChI is InChI=1S/C10H17NO2/c1-8-2-4-10(8)6-11(7-10)5-3-9(12)13/h8H,2-7H2,1H3,(H,12,13). The van der Waals surface area contributed by atoms with Gasteiger partial charge in [0.1, 0.15) is 0 Å². The SMILES string of the molecule is CC1CCC12CN(CCC(=O)O)C2. The van der Waals surface area contributed by atoms with Gasteiger partial charge in [-0.05, 0) is 24.2 Å². The molecule has 0 aromatic carbocycles. The summed E-state index contributed by atoms with van der Waals surface area (Å²) < 4.78 is 0. The number of carbonyl (C=O) groups is 1. The second-order valence-corrected chi connectivity index (χ2v) is 4.66. The minimum absolute atomic E-state index is 0.296.